The Balaban J connectivity index is 1.70. The Morgan fingerprint density at radius 1 is 1.06 bits per heavy atom. The summed E-state index contributed by atoms with van der Waals surface area (Å²) in [7, 11) is 0. The highest BCUT2D eigenvalue weighted by Crippen LogP contribution is 1.99. The molecule has 0 amide bonds. The molecule has 2 aromatic rings. The number of hydrogen-bond acceptors (Lipinski definition) is 1. The Labute approximate surface area is 95.6 Å². The molecule has 0 atom stereocenters. The zero-order valence-electron chi connectivity index (χ0n) is 9.17. The maximum Gasteiger partial charge on any atom is 0.157 e. The lowest BCUT2D eigenvalue weighted by Gasteiger charge is -1.94. The topological polar surface area (TPSA) is 29.8 Å². The van der Waals surface area contributed by atoms with Gasteiger partial charge in [0.1, 0.15) is 6.54 Å². The largest absolute Gasteiger partial charge is 0.463 e. The molecule has 2 heteroatoms. The molecule has 2 N–H and O–H groups in total. The van der Waals surface area contributed by atoms with E-state index in [1.54, 1.807) is 6.26 Å². The molecule has 0 aliphatic carbocycles. The molecule has 2 rings (SSSR count). The van der Waals surface area contributed by atoms with E-state index in [0.29, 0.717) is 0 Å². The van der Waals surface area contributed by atoms with Crippen LogP contribution in [0.5, 0.6) is 0 Å². The summed E-state index contributed by atoms with van der Waals surface area (Å²) >= 11 is 0. The van der Waals surface area contributed by atoms with Crippen molar-refractivity contribution in [2.45, 2.75) is 6.54 Å². The number of hydrogen-bond donors (Lipinski definition) is 1. The van der Waals surface area contributed by atoms with Crippen LogP contribution in [0.3, 0.4) is 0 Å². The summed E-state index contributed by atoms with van der Waals surface area (Å²) < 4.78 is 5.24. The van der Waals surface area contributed by atoms with Gasteiger partial charge in [0.25, 0.3) is 0 Å². The fraction of sp³-hybridized carbons (Fsp3) is 0.143. The number of benzene rings is 1. The van der Waals surface area contributed by atoms with Crippen molar-refractivity contribution in [2.75, 3.05) is 6.54 Å². The van der Waals surface area contributed by atoms with Gasteiger partial charge >= 0.3 is 0 Å². The van der Waals surface area contributed by atoms with E-state index in [0.717, 1.165) is 18.8 Å². The maximum atomic E-state index is 5.24. The Bertz CT molecular complexity index is 417. The van der Waals surface area contributed by atoms with Crippen molar-refractivity contribution in [2.24, 2.45) is 0 Å². The number of quaternary nitrogens is 1. The lowest BCUT2D eigenvalue weighted by molar-refractivity contribution is -0.663. The smallest absolute Gasteiger partial charge is 0.157 e. The molecule has 2 nitrogen and oxygen atoms in total. The molecule has 0 fully saturated rings. The van der Waals surface area contributed by atoms with Crippen LogP contribution in [0, 0.1) is 0 Å². The maximum absolute atomic E-state index is 5.24. The minimum absolute atomic E-state index is 0.895. The highest BCUT2D eigenvalue weighted by atomic mass is 16.3. The molecule has 0 aliphatic heterocycles. The van der Waals surface area contributed by atoms with Crippen LogP contribution in [-0.2, 0) is 6.54 Å². The molecule has 0 bridgehead atoms. The second-order valence-corrected chi connectivity index (χ2v) is 3.62. The van der Waals surface area contributed by atoms with Gasteiger partial charge in [-0.05, 0) is 23.8 Å². The number of furan rings is 1. The first-order valence-electron chi connectivity index (χ1n) is 5.51. The van der Waals surface area contributed by atoms with E-state index in [9.17, 15) is 0 Å². The SMILES string of the molecule is C(=C\c1ccccc1)/C[NH2+]Cc1ccco1. The van der Waals surface area contributed by atoms with Crippen molar-refractivity contribution in [3.63, 3.8) is 0 Å². The third-order valence-corrected chi connectivity index (χ3v) is 2.34. The summed E-state index contributed by atoms with van der Waals surface area (Å²) in [6.45, 7) is 1.86. The predicted octanol–water partition coefficient (Wildman–Crippen LogP) is 2.06. The minimum atomic E-state index is 0.895. The minimum Gasteiger partial charge on any atom is -0.463 e. The number of rotatable bonds is 5. The van der Waals surface area contributed by atoms with Gasteiger partial charge in [-0.25, -0.2) is 0 Å². The van der Waals surface area contributed by atoms with Crippen LogP contribution in [0.2, 0.25) is 0 Å². The molecule has 82 valence electrons. The summed E-state index contributed by atoms with van der Waals surface area (Å²) in [4.78, 5) is 0. The number of nitrogens with two attached hydrogens (primary N) is 1. The van der Waals surface area contributed by atoms with Crippen LogP contribution < -0.4 is 5.32 Å². The summed E-state index contributed by atoms with van der Waals surface area (Å²) in [6, 6.07) is 14.2. The summed E-state index contributed by atoms with van der Waals surface area (Å²) in [5, 5.41) is 2.21. The first-order chi connectivity index (χ1) is 7.95. The standard InChI is InChI=1S/C14H15NO/c1-2-6-13(7-3-1)8-4-10-15-12-14-9-5-11-16-14/h1-9,11,15H,10,12H2/p+1/b8-4+. The molecule has 1 aromatic carbocycles. The van der Waals surface area contributed by atoms with Gasteiger partial charge in [-0.1, -0.05) is 36.4 Å². The van der Waals surface area contributed by atoms with Crippen LogP contribution in [0.4, 0.5) is 0 Å². The zero-order chi connectivity index (χ0) is 11.1. The van der Waals surface area contributed by atoms with Gasteiger partial charge in [-0.3, -0.25) is 0 Å². The summed E-state index contributed by atoms with van der Waals surface area (Å²) in [5.74, 6) is 1.02. The van der Waals surface area contributed by atoms with Crippen LogP contribution >= 0.6 is 0 Å². The van der Waals surface area contributed by atoms with Crippen molar-refractivity contribution in [3.8, 4) is 0 Å². The van der Waals surface area contributed by atoms with Crippen molar-refractivity contribution < 1.29 is 9.73 Å². The second-order valence-electron chi connectivity index (χ2n) is 3.62. The molecular formula is C14H16NO+. The van der Waals surface area contributed by atoms with Crippen LogP contribution in [0.1, 0.15) is 11.3 Å². The van der Waals surface area contributed by atoms with Crippen LogP contribution in [0.25, 0.3) is 6.08 Å². The van der Waals surface area contributed by atoms with Gasteiger partial charge in [0, 0.05) is 0 Å². The fourth-order valence-corrected chi connectivity index (χ4v) is 1.52. The Morgan fingerprint density at radius 3 is 2.69 bits per heavy atom. The molecule has 0 aliphatic rings. The average Bonchev–Trinajstić information content (AvgIpc) is 2.83. The lowest BCUT2D eigenvalue weighted by atomic mass is 10.2. The highest BCUT2D eigenvalue weighted by Gasteiger charge is 1.94. The molecule has 0 spiro atoms. The Hall–Kier alpha value is -1.80. The third-order valence-electron chi connectivity index (χ3n) is 2.34. The van der Waals surface area contributed by atoms with E-state index in [-0.39, 0.29) is 0 Å². The van der Waals surface area contributed by atoms with Gasteiger partial charge in [0.05, 0.1) is 12.8 Å². The average molecular weight is 214 g/mol. The van der Waals surface area contributed by atoms with Crippen LogP contribution in [-0.4, -0.2) is 6.54 Å². The molecule has 0 radical (unpaired) electrons. The molecular weight excluding hydrogens is 198 g/mol. The van der Waals surface area contributed by atoms with E-state index in [4.69, 9.17) is 4.42 Å². The first kappa shape index (κ1) is 10.7. The van der Waals surface area contributed by atoms with Gasteiger partial charge < -0.3 is 9.73 Å². The van der Waals surface area contributed by atoms with E-state index >= 15 is 0 Å². The molecule has 0 unspecified atom stereocenters. The van der Waals surface area contributed by atoms with Gasteiger partial charge in [-0.2, -0.15) is 0 Å². The molecule has 1 aromatic heterocycles. The molecule has 0 saturated heterocycles. The van der Waals surface area contributed by atoms with Gasteiger partial charge in [-0.15, -0.1) is 0 Å². The van der Waals surface area contributed by atoms with Gasteiger partial charge in [0.15, 0.2) is 5.76 Å². The quantitative estimate of drug-likeness (QED) is 0.758. The Kier molecular flexibility index (Phi) is 3.97. The van der Waals surface area contributed by atoms with Crippen molar-refractivity contribution >= 4 is 6.08 Å². The zero-order valence-corrected chi connectivity index (χ0v) is 9.17. The normalized spacial score (nSPS) is 11.0. The summed E-state index contributed by atoms with van der Waals surface area (Å²) in [5.41, 5.74) is 1.24. The fourth-order valence-electron chi connectivity index (χ4n) is 1.52. The van der Waals surface area contributed by atoms with Gasteiger partial charge in [0.2, 0.25) is 0 Å². The second kappa shape index (κ2) is 5.93. The third kappa shape index (κ3) is 3.41. The van der Waals surface area contributed by atoms with E-state index < -0.39 is 0 Å². The van der Waals surface area contributed by atoms with E-state index in [2.05, 4.69) is 29.6 Å². The highest BCUT2D eigenvalue weighted by molar-refractivity contribution is 5.48. The van der Waals surface area contributed by atoms with Crippen molar-refractivity contribution in [1.29, 1.82) is 0 Å². The Morgan fingerprint density at radius 2 is 1.94 bits per heavy atom. The first-order valence-corrected chi connectivity index (χ1v) is 5.51. The lowest BCUT2D eigenvalue weighted by Crippen LogP contribution is -2.82. The van der Waals surface area contributed by atoms with E-state index in [1.165, 1.54) is 5.56 Å². The van der Waals surface area contributed by atoms with Crippen molar-refractivity contribution in [1.82, 2.24) is 0 Å². The molecule has 16 heavy (non-hydrogen) atoms. The predicted molar refractivity (Wildman–Crippen MR) is 64.7 cm³/mol. The molecule has 1 heterocycles. The van der Waals surface area contributed by atoms with Crippen molar-refractivity contribution in [3.05, 3.63) is 66.1 Å². The van der Waals surface area contributed by atoms with Crippen LogP contribution in [0.15, 0.2) is 59.2 Å². The van der Waals surface area contributed by atoms with E-state index in [1.807, 2.05) is 30.3 Å². The molecule has 0 saturated carbocycles. The monoisotopic (exact) mass is 214 g/mol. The summed E-state index contributed by atoms with van der Waals surface area (Å²) in [6.07, 6.45) is 6.01.